The molecule has 0 bridgehead atoms. The van der Waals surface area contributed by atoms with E-state index in [0.29, 0.717) is 29.0 Å². The minimum absolute atomic E-state index is 0.333. The van der Waals surface area contributed by atoms with E-state index in [2.05, 4.69) is 19.9 Å². The molecule has 0 saturated heterocycles. The Morgan fingerprint density at radius 2 is 2.05 bits per heavy atom. The fourth-order valence-corrected chi connectivity index (χ4v) is 6.47. The third kappa shape index (κ3) is 1.96. The average Bonchev–Trinajstić information content (AvgIpc) is 2.84. The minimum atomic E-state index is 0.333. The van der Waals surface area contributed by atoms with Gasteiger partial charge in [-0.2, -0.15) is 0 Å². The molecule has 4 rings (SSSR count). The molecule has 6 atom stereocenters. The number of phenols is 1. The zero-order valence-corrected chi connectivity index (χ0v) is 13.9. The van der Waals surface area contributed by atoms with E-state index < -0.39 is 0 Å². The van der Waals surface area contributed by atoms with Gasteiger partial charge < -0.3 is 10.8 Å². The fraction of sp³-hybridized carbons (Fsp3) is 0.700. The Labute approximate surface area is 134 Å². The summed E-state index contributed by atoms with van der Waals surface area (Å²) in [5, 5.41) is 9.76. The van der Waals surface area contributed by atoms with Crippen LogP contribution in [0.4, 0.5) is 0 Å². The highest BCUT2D eigenvalue weighted by Crippen LogP contribution is 2.63. The van der Waals surface area contributed by atoms with Crippen LogP contribution >= 0.6 is 0 Å². The van der Waals surface area contributed by atoms with Crippen molar-refractivity contribution in [3.63, 3.8) is 0 Å². The maximum Gasteiger partial charge on any atom is 0.115 e. The molecule has 0 aliphatic heterocycles. The van der Waals surface area contributed by atoms with Crippen LogP contribution in [0.2, 0.25) is 0 Å². The predicted molar refractivity (Wildman–Crippen MR) is 89.9 cm³/mol. The molecule has 2 saturated carbocycles. The number of hydrogen-bond donors (Lipinski definition) is 2. The number of aromatic hydroxyl groups is 1. The Bertz CT molecular complexity index is 581. The summed E-state index contributed by atoms with van der Waals surface area (Å²) in [5.41, 5.74) is 9.71. The molecule has 3 N–H and O–H groups in total. The topological polar surface area (TPSA) is 46.2 Å². The van der Waals surface area contributed by atoms with E-state index in [1.54, 1.807) is 0 Å². The van der Waals surface area contributed by atoms with E-state index in [1.807, 2.05) is 12.1 Å². The van der Waals surface area contributed by atoms with Gasteiger partial charge >= 0.3 is 0 Å². The zero-order valence-electron chi connectivity index (χ0n) is 13.9. The maximum atomic E-state index is 9.76. The van der Waals surface area contributed by atoms with Crippen molar-refractivity contribution in [1.29, 1.82) is 0 Å². The van der Waals surface area contributed by atoms with Crippen LogP contribution in [0.25, 0.3) is 0 Å². The van der Waals surface area contributed by atoms with Crippen LogP contribution in [-0.2, 0) is 6.42 Å². The number of benzene rings is 1. The fourth-order valence-electron chi connectivity index (χ4n) is 6.47. The van der Waals surface area contributed by atoms with Crippen molar-refractivity contribution in [2.45, 2.75) is 64.3 Å². The van der Waals surface area contributed by atoms with E-state index in [0.717, 1.165) is 18.3 Å². The molecule has 0 aromatic heterocycles. The Kier molecular flexibility index (Phi) is 3.30. The van der Waals surface area contributed by atoms with Crippen LogP contribution in [0.3, 0.4) is 0 Å². The molecule has 2 fully saturated rings. The van der Waals surface area contributed by atoms with Crippen molar-refractivity contribution >= 4 is 0 Å². The van der Waals surface area contributed by atoms with Gasteiger partial charge in [0.05, 0.1) is 0 Å². The molecule has 0 spiro atoms. The lowest BCUT2D eigenvalue weighted by Gasteiger charge is -2.51. The number of rotatable bonds is 1. The number of fused-ring (bicyclic) bond motifs is 5. The van der Waals surface area contributed by atoms with Crippen molar-refractivity contribution in [2.75, 3.05) is 0 Å². The van der Waals surface area contributed by atoms with Gasteiger partial charge in [0.25, 0.3) is 0 Å². The van der Waals surface area contributed by atoms with Crippen molar-refractivity contribution in [3.05, 3.63) is 29.3 Å². The van der Waals surface area contributed by atoms with E-state index in [1.165, 1.54) is 43.2 Å². The van der Waals surface area contributed by atoms with Crippen LogP contribution in [0.5, 0.6) is 5.75 Å². The molecule has 1 aromatic carbocycles. The van der Waals surface area contributed by atoms with E-state index in [4.69, 9.17) is 5.73 Å². The lowest BCUT2D eigenvalue weighted by molar-refractivity contribution is 0.0224. The Morgan fingerprint density at radius 1 is 1.23 bits per heavy atom. The van der Waals surface area contributed by atoms with Gasteiger partial charge in [-0.1, -0.05) is 13.0 Å². The van der Waals surface area contributed by atoms with Crippen LogP contribution in [0.15, 0.2) is 18.2 Å². The molecule has 22 heavy (non-hydrogen) atoms. The summed E-state index contributed by atoms with van der Waals surface area (Å²) < 4.78 is 0. The Morgan fingerprint density at radius 3 is 2.82 bits per heavy atom. The SMILES string of the molecule is C[C@H](N)[C@@H]1CC[C@@H]2[C@@H]3CCc4cc(O)ccc4[C@@H]3CC[C@]21C. The summed E-state index contributed by atoms with van der Waals surface area (Å²) in [7, 11) is 0. The summed E-state index contributed by atoms with van der Waals surface area (Å²) in [6, 6.07) is 6.41. The highest BCUT2D eigenvalue weighted by Gasteiger charge is 2.55. The van der Waals surface area contributed by atoms with Gasteiger partial charge in [-0.05, 0) is 97.8 Å². The number of nitrogens with two attached hydrogens (primary N) is 1. The molecule has 0 radical (unpaired) electrons. The third-order valence-electron chi connectivity index (χ3n) is 7.42. The monoisotopic (exact) mass is 299 g/mol. The lowest BCUT2D eigenvalue weighted by atomic mass is 9.53. The van der Waals surface area contributed by atoms with Gasteiger partial charge in [0.1, 0.15) is 5.75 Å². The van der Waals surface area contributed by atoms with Crippen LogP contribution in [0.1, 0.15) is 63.0 Å². The number of hydrogen-bond acceptors (Lipinski definition) is 2. The molecule has 0 unspecified atom stereocenters. The van der Waals surface area contributed by atoms with Crippen molar-refractivity contribution in [2.24, 2.45) is 28.9 Å². The number of aryl methyl sites for hydroxylation is 1. The van der Waals surface area contributed by atoms with Gasteiger partial charge in [0.2, 0.25) is 0 Å². The Balaban J connectivity index is 1.67. The third-order valence-corrected chi connectivity index (χ3v) is 7.42. The number of phenolic OH excluding ortho intramolecular Hbond substituents is 1. The van der Waals surface area contributed by atoms with Crippen molar-refractivity contribution in [3.8, 4) is 5.75 Å². The molecule has 2 nitrogen and oxygen atoms in total. The first-order valence-corrected chi connectivity index (χ1v) is 9.08. The molecular weight excluding hydrogens is 270 g/mol. The average molecular weight is 299 g/mol. The highest BCUT2D eigenvalue weighted by molar-refractivity contribution is 5.40. The molecule has 3 aliphatic carbocycles. The second-order valence-corrected chi connectivity index (χ2v) is 8.39. The van der Waals surface area contributed by atoms with E-state index in [-0.39, 0.29) is 0 Å². The lowest BCUT2D eigenvalue weighted by Crippen LogP contribution is -2.46. The predicted octanol–water partition coefficient (Wildman–Crippen LogP) is 4.21. The summed E-state index contributed by atoms with van der Waals surface area (Å²) in [6.07, 6.45) is 7.76. The zero-order chi connectivity index (χ0) is 15.5. The molecule has 3 aliphatic rings. The van der Waals surface area contributed by atoms with E-state index in [9.17, 15) is 5.11 Å². The highest BCUT2D eigenvalue weighted by atomic mass is 16.3. The largest absolute Gasteiger partial charge is 0.508 e. The van der Waals surface area contributed by atoms with Gasteiger partial charge in [-0.3, -0.25) is 0 Å². The second-order valence-electron chi connectivity index (χ2n) is 8.39. The standard InChI is InChI=1S/C20H29NO/c1-12(21)18-7-8-19-17-5-3-13-11-14(22)4-6-15(13)16(17)9-10-20(18,19)2/h4,6,11-12,16-19,22H,3,5,7-10,21H2,1-2H3/t12-,16-,17+,18-,19+,20-/m0/s1. The molecule has 0 heterocycles. The smallest absolute Gasteiger partial charge is 0.115 e. The van der Waals surface area contributed by atoms with Crippen LogP contribution in [-0.4, -0.2) is 11.1 Å². The molecule has 0 amide bonds. The molecule has 1 aromatic rings. The summed E-state index contributed by atoms with van der Waals surface area (Å²) in [6.45, 7) is 4.74. The van der Waals surface area contributed by atoms with Crippen LogP contribution < -0.4 is 5.73 Å². The van der Waals surface area contributed by atoms with E-state index >= 15 is 0 Å². The van der Waals surface area contributed by atoms with Crippen molar-refractivity contribution < 1.29 is 5.11 Å². The first-order valence-electron chi connectivity index (χ1n) is 9.08. The molecular formula is C20H29NO. The first kappa shape index (κ1) is 14.6. The minimum Gasteiger partial charge on any atom is -0.508 e. The van der Waals surface area contributed by atoms with Crippen LogP contribution in [0, 0.1) is 23.2 Å². The van der Waals surface area contributed by atoms with Gasteiger partial charge in [0, 0.05) is 6.04 Å². The quantitative estimate of drug-likeness (QED) is 0.816. The van der Waals surface area contributed by atoms with Gasteiger partial charge in [-0.15, -0.1) is 0 Å². The molecule has 120 valence electrons. The molecule has 2 heteroatoms. The van der Waals surface area contributed by atoms with Gasteiger partial charge in [0.15, 0.2) is 0 Å². The normalized spacial score (nSPS) is 41.4. The summed E-state index contributed by atoms with van der Waals surface area (Å²) in [5.74, 6) is 3.54. The maximum absolute atomic E-state index is 9.76. The second kappa shape index (κ2) is 4.99. The first-order chi connectivity index (χ1) is 10.5. The summed E-state index contributed by atoms with van der Waals surface area (Å²) in [4.78, 5) is 0. The van der Waals surface area contributed by atoms with Gasteiger partial charge in [-0.25, -0.2) is 0 Å². The summed E-state index contributed by atoms with van der Waals surface area (Å²) >= 11 is 0. The van der Waals surface area contributed by atoms with Crippen molar-refractivity contribution in [1.82, 2.24) is 0 Å². The Hall–Kier alpha value is -1.02.